The van der Waals surface area contributed by atoms with Gasteiger partial charge in [0.2, 0.25) is 0 Å². The summed E-state index contributed by atoms with van der Waals surface area (Å²) in [4.78, 5) is 0. The van der Waals surface area contributed by atoms with Gasteiger partial charge in [-0.05, 0) is 0 Å². The lowest BCUT2D eigenvalue weighted by Gasteiger charge is -2.13. The van der Waals surface area contributed by atoms with Gasteiger partial charge in [0.25, 0.3) is 0 Å². The molecule has 1 N–H and O–H groups in total. The van der Waals surface area contributed by atoms with Crippen LogP contribution in [-0.2, 0) is 0 Å². The van der Waals surface area contributed by atoms with Crippen molar-refractivity contribution in [3.8, 4) is 0 Å². The van der Waals surface area contributed by atoms with Crippen molar-refractivity contribution in [3.05, 3.63) is 17.9 Å². The fourth-order valence-corrected chi connectivity index (χ4v) is 1.04. The molecule has 2 heteroatoms. The summed E-state index contributed by atoms with van der Waals surface area (Å²) < 4.78 is 0. The second kappa shape index (κ2) is 2.29. The van der Waals surface area contributed by atoms with Gasteiger partial charge in [0, 0.05) is 12.3 Å². The molecule has 2 atom stereocenters. The van der Waals surface area contributed by atoms with E-state index in [1.165, 1.54) is 0 Å². The van der Waals surface area contributed by atoms with Gasteiger partial charge in [-0.3, -0.25) is 0 Å². The zero-order valence-corrected chi connectivity index (χ0v) is 4.89. The highest BCUT2D eigenvalue weighted by atomic mass is 16.5. The molecule has 0 saturated carbocycles. The lowest BCUT2D eigenvalue weighted by atomic mass is 10.1. The van der Waals surface area contributed by atoms with Crippen LogP contribution in [0.5, 0.6) is 0 Å². The molecule has 0 bridgehead atoms. The maximum atomic E-state index is 10.6. The van der Waals surface area contributed by atoms with E-state index in [9.17, 15) is 5.21 Å². The van der Waals surface area contributed by atoms with Crippen LogP contribution >= 0.6 is 0 Å². The van der Waals surface area contributed by atoms with Crippen LogP contribution in [0.4, 0.5) is 0 Å². The number of rotatable bonds is 1. The van der Waals surface area contributed by atoms with E-state index >= 15 is 0 Å². The molecule has 0 aromatic carbocycles. The Kier molecular flexibility index (Phi) is 1.65. The van der Waals surface area contributed by atoms with Crippen LogP contribution < -0.4 is 5.06 Å². The number of hydroxylamine groups is 2. The minimum absolute atomic E-state index is 0.398. The van der Waals surface area contributed by atoms with Gasteiger partial charge in [-0.2, -0.15) is 0 Å². The normalized spacial score (nSPS) is 37.6. The summed E-state index contributed by atoms with van der Waals surface area (Å²) in [5.74, 6) is 0.488. The number of quaternary nitrogens is 1. The van der Waals surface area contributed by atoms with Crippen LogP contribution in [0.25, 0.3) is 0 Å². The van der Waals surface area contributed by atoms with Crippen molar-refractivity contribution in [1.29, 1.82) is 0 Å². The summed E-state index contributed by atoms with van der Waals surface area (Å²) in [6, 6.07) is 0. The quantitative estimate of drug-likeness (QED) is 0.363. The van der Waals surface area contributed by atoms with Gasteiger partial charge in [-0.1, -0.05) is 6.08 Å². The lowest BCUT2D eigenvalue weighted by Crippen LogP contribution is -3.05. The van der Waals surface area contributed by atoms with E-state index in [1.54, 1.807) is 0 Å². The molecular weight excluding hydrogens is 102 g/mol. The number of hydrogen-bond donors (Lipinski definition) is 1. The van der Waals surface area contributed by atoms with Crippen LogP contribution in [-0.4, -0.2) is 13.1 Å². The van der Waals surface area contributed by atoms with Crippen molar-refractivity contribution >= 4 is 0 Å². The van der Waals surface area contributed by atoms with Gasteiger partial charge in [-0.25, -0.2) is 0 Å². The Bertz CT molecular complexity index is 92.5. The SMILES string of the molecule is C=CC1CC[NH+]([O-])C1. The Hall–Kier alpha value is -0.340. The highest BCUT2D eigenvalue weighted by Crippen LogP contribution is 2.02. The molecule has 1 heterocycles. The Morgan fingerprint density at radius 2 is 2.50 bits per heavy atom. The third kappa shape index (κ3) is 1.08. The van der Waals surface area contributed by atoms with Crippen LogP contribution in [0, 0.1) is 11.1 Å². The van der Waals surface area contributed by atoms with Gasteiger partial charge < -0.3 is 10.3 Å². The maximum absolute atomic E-state index is 10.6. The molecule has 1 fully saturated rings. The van der Waals surface area contributed by atoms with Crippen molar-refractivity contribution < 1.29 is 5.06 Å². The van der Waals surface area contributed by atoms with Gasteiger partial charge >= 0.3 is 0 Å². The van der Waals surface area contributed by atoms with E-state index in [-0.39, 0.29) is 0 Å². The van der Waals surface area contributed by atoms with Crippen molar-refractivity contribution in [2.24, 2.45) is 5.92 Å². The first-order valence-electron chi connectivity index (χ1n) is 2.97. The van der Waals surface area contributed by atoms with Gasteiger partial charge in [0.15, 0.2) is 0 Å². The molecular formula is C6H11NO. The highest BCUT2D eigenvalue weighted by Gasteiger charge is 2.16. The van der Waals surface area contributed by atoms with E-state index in [4.69, 9.17) is 0 Å². The van der Waals surface area contributed by atoms with Crippen LogP contribution in [0.15, 0.2) is 12.7 Å². The molecule has 46 valence electrons. The second-order valence-corrected chi connectivity index (χ2v) is 2.28. The summed E-state index contributed by atoms with van der Waals surface area (Å²) in [6.45, 7) is 5.14. The fraction of sp³-hybridized carbons (Fsp3) is 0.667. The molecule has 0 aromatic rings. The van der Waals surface area contributed by atoms with Crippen molar-refractivity contribution in [2.75, 3.05) is 13.1 Å². The first-order valence-corrected chi connectivity index (χ1v) is 2.97. The smallest absolute Gasteiger partial charge is 0.0834 e. The van der Waals surface area contributed by atoms with Crippen LogP contribution in [0.2, 0.25) is 0 Å². The Morgan fingerprint density at radius 1 is 1.75 bits per heavy atom. The topological polar surface area (TPSA) is 27.5 Å². The standard InChI is InChI=1S/C6H11NO/c1-2-6-3-4-7(8)5-6/h2,6-7H,1,3-5H2. The van der Waals surface area contributed by atoms with E-state index in [0.717, 1.165) is 19.5 Å². The van der Waals surface area contributed by atoms with E-state index in [1.807, 2.05) is 6.08 Å². The second-order valence-electron chi connectivity index (χ2n) is 2.28. The first kappa shape index (κ1) is 5.79. The third-order valence-corrected chi connectivity index (χ3v) is 1.62. The van der Waals surface area contributed by atoms with Gasteiger partial charge in [0.1, 0.15) is 0 Å². The highest BCUT2D eigenvalue weighted by molar-refractivity contribution is 4.80. The number of nitrogens with one attached hydrogen (secondary N) is 1. The number of hydrogen-bond acceptors (Lipinski definition) is 1. The van der Waals surface area contributed by atoms with Crippen molar-refractivity contribution in [1.82, 2.24) is 0 Å². The van der Waals surface area contributed by atoms with E-state index in [0.29, 0.717) is 11.0 Å². The molecule has 0 radical (unpaired) electrons. The largest absolute Gasteiger partial charge is 0.634 e. The molecule has 1 saturated heterocycles. The summed E-state index contributed by atoms with van der Waals surface area (Å²) in [5.41, 5.74) is 0. The van der Waals surface area contributed by atoms with Gasteiger partial charge in [0.05, 0.1) is 13.1 Å². The van der Waals surface area contributed by atoms with Gasteiger partial charge in [-0.15, -0.1) is 6.58 Å². The monoisotopic (exact) mass is 113 g/mol. The molecule has 0 spiro atoms. The third-order valence-electron chi connectivity index (χ3n) is 1.62. The Labute approximate surface area is 49.4 Å². The minimum atomic E-state index is 0.398. The van der Waals surface area contributed by atoms with Crippen LogP contribution in [0.1, 0.15) is 6.42 Å². The average Bonchev–Trinajstić information content (AvgIpc) is 2.14. The van der Waals surface area contributed by atoms with Crippen LogP contribution in [0.3, 0.4) is 0 Å². The molecule has 0 amide bonds. The Morgan fingerprint density at radius 3 is 2.75 bits per heavy atom. The lowest BCUT2D eigenvalue weighted by molar-refractivity contribution is -0.835. The zero-order valence-electron chi connectivity index (χ0n) is 4.89. The van der Waals surface area contributed by atoms with E-state index < -0.39 is 0 Å². The zero-order chi connectivity index (χ0) is 5.98. The minimum Gasteiger partial charge on any atom is -0.634 e. The van der Waals surface area contributed by atoms with Crippen molar-refractivity contribution in [2.45, 2.75) is 6.42 Å². The Balaban J connectivity index is 2.32. The molecule has 2 nitrogen and oxygen atoms in total. The molecule has 0 aliphatic carbocycles. The first-order chi connectivity index (χ1) is 3.83. The summed E-state index contributed by atoms with van der Waals surface area (Å²) >= 11 is 0. The predicted octanol–water partition coefficient (Wildman–Crippen LogP) is -0.425. The molecule has 1 aliphatic rings. The van der Waals surface area contributed by atoms with Crippen molar-refractivity contribution in [3.63, 3.8) is 0 Å². The fourth-order valence-electron chi connectivity index (χ4n) is 1.04. The predicted molar refractivity (Wildman–Crippen MR) is 32.4 cm³/mol. The average molecular weight is 113 g/mol. The molecule has 8 heavy (non-hydrogen) atoms. The molecule has 0 aromatic heterocycles. The summed E-state index contributed by atoms with van der Waals surface area (Å²) in [7, 11) is 0. The molecule has 2 unspecified atom stereocenters. The summed E-state index contributed by atoms with van der Waals surface area (Å²) in [6.07, 6.45) is 2.91. The molecule has 1 rings (SSSR count). The maximum Gasteiger partial charge on any atom is 0.0834 e. The summed E-state index contributed by atoms with van der Waals surface area (Å²) in [5, 5.41) is 11.0. The molecule has 1 aliphatic heterocycles. The van der Waals surface area contributed by atoms with E-state index in [2.05, 4.69) is 6.58 Å².